The Kier molecular flexibility index (Phi) is 2.93. The Morgan fingerprint density at radius 1 is 1.21 bits per heavy atom. The summed E-state index contributed by atoms with van der Waals surface area (Å²) in [4.78, 5) is 0. The summed E-state index contributed by atoms with van der Waals surface area (Å²) >= 11 is 0. The lowest BCUT2D eigenvalue weighted by atomic mass is 10.1. The summed E-state index contributed by atoms with van der Waals surface area (Å²) in [6.07, 6.45) is -1.18. The van der Waals surface area contributed by atoms with Crippen LogP contribution in [0.25, 0.3) is 0 Å². The molecule has 1 aliphatic rings. The van der Waals surface area contributed by atoms with Crippen molar-refractivity contribution in [3.63, 3.8) is 0 Å². The first-order valence-corrected chi connectivity index (χ1v) is 3.89. The Bertz CT molecular complexity index is 318. The van der Waals surface area contributed by atoms with Gasteiger partial charge in [0.1, 0.15) is 6.17 Å². The molecule has 1 unspecified atom stereocenters. The molecular weight excluding hydrogens is 196 g/mol. The molecule has 0 aromatic rings. The van der Waals surface area contributed by atoms with Crippen LogP contribution in [0.5, 0.6) is 0 Å². The van der Waals surface area contributed by atoms with Gasteiger partial charge in [-0.2, -0.15) is 13.2 Å². The predicted molar refractivity (Wildman–Crippen MR) is 46.5 cm³/mol. The first kappa shape index (κ1) is 10.8. The van der Waals surface area contributed by atoms with Crippen molar-refractivity contribution in [3.8, 4) is 0 Å². The molecule has 0 nitrogen and oxygen atoms in total. The quantitative estimate of drug-likeness (QED) is 0.573. The molecule has 0 aromatic carbocycles. The van der Waals surface area contributed by atoms with Crippen LogP contribution in [0, 0.1) is 0 Å². The molecule has 0 spiro atoms. The maximum absolute atomic E-state index is 12.7. The summed E-state index contributed by atoms with van der Waals surface area (Å²) in [5.41, 5.74) is -0.988. The molecular formula is C10H8F4. The molecule has 1 atom stereocenters. The molecule has 0 bridgehead atoms. The van der Waals surface area contributed by atoms with Crippen molar-refractivity contribution in [1.82, 2.24) is 0 Å². The Morgan fingerprint density at radius 3 is 2.29 bits per heavy atom. The van der Waals surface area contributed by atoms with E-state index in [0.29, 0.717) is 0 Å². The second kappa shape index (κ2) is 3.82. The third kappa shape index (κ3) is 2.34. The van der Waals surface area contributed by atoms with Crippen molar-refractivity contribution in [2.45, 2.75) is 12.3 Å². The Hall–Kier alpha value is -1.32. The van der Waals surface area contributed by atoms with Gasteiger partial charge in [-0.05, 0) is 17.7 Å². The van der Waals surface area contributed by atoms with Gasteiger partial charge in [0.2, 0.25) is 0 Å². The van der Waals surface area contributed by atoms with Gasteiger partial charge >= 0.3 is 6.18 Å². The molecule has 1 aliphatic carbocycles. The van der Waals surface area contributed by atoms with Crippen LogP contribution < -0.4 is 0 Å². The van der Waals surface area contributed by atoms with Gasteiger partial charge in [0.05, 0.1) is 5.57 Å². The second-order valence-corrected chi connectivity index (χ2v) is 2.73. The summed E-state index contributed by atoms with van der Waals surface area (Å²) in [6.45, 7) is 3.25. The smallest absolute Gasteiger partial charge is 0.238 e. The SMILES string of the molecule is C=CC1=C(C(F)(F)F)C=CC(F)C=C1. The average molecular weight is 204 g/mol. The van der Waals surface area contributed by atoms with E-state index in [1.165, 1.54) is 0 Å². The van der Waals surface area contributed by atoms with Crippen molar-refractivity contribution >= 4 is 0 Å². The van der Waals surface area contributed by atoms with Crippen molar-refractivity contribution in [3.05, 3.63) is 48.1 Å². The van der Waals surface area contributed by atoms with E-state index >= 15 is 0 Å². The highest BCUT2D eigenvalue weighted by Gasteiger charge is 2.34. The fraction of sp³-hybridized carbons (Fsp3) is 0.200. The van der Waals surface area contributed by atoms with Gasteiger partial charge in [-0.3, -0.25) is 0 Å². The van der Waals surface area contributed by atoms with Crippen LogP contribution in [-0.2, 0) is 0 Å². The topological polar surface area (TPSA) is 0 Å². The van der Waals surface area contributed by atoms with Crippen LogP contribution in [0.2, 0.25) is 0 Å². The lowest BCUT2D eigenvalue weighted by molar-refractivity contribution is -0.0886. The molecule has 0 aromatic heterocycles. The lowest BCUT2D eigenvalue weighted by Crippen LogP contribution is -2.11. The van der Waals surface area contributed by atoms with Gasteiger partial charge in [-0.1, -0.05) is 24.8 Å². The molecule has 14 heavy (non-hydrogen) atoms. The summed E-state index contributed by atoms with van der Waals surface area (Å²) in [6, 6.07) is 0. The molecule has 0 heterocycles. The number of alkyl halides is 4. The zero-order chi connectivity index (χ0) is 10.8. The predicted octanol–water partition coefficient (Wildman–Crippen LogP) is 3.50. The number of hydrogen-bond donors (Lipinski definition) is 0. The third-order valence-electron chi connectivity index (χ3n) is 1.74. The maximum atomic E-state index is 12.7. The Labute approximate surface area is 78.9 Å². The van der Waals surface area contributed by atoms with Crippen molar-refractivity contribution in [2.24, 2.45) is 0 Å². The minimum atomic E-state index is -4.48. The lowest BCUT2D eigenvalue weighted by Gasteiger charge is -2.09. The summed E-state index contributed by atoms with van der Waals surface area (Å²) in [5.74, 6) is 0. The molecule has 0 saturated carbocycles. The normalized spacial score (nSPS) is 22.4. The average Bonchev–Trinajstić information content (AvgIpc) is 2.25. The van der Waals surface area contributed by atoms with Gasteiger partial charge in [-0.25, -0.2) is 4.39 Å². The van der Waals surface area contributed by atoms with Gasteiger partial charge in [0.25, 0.3) is 0 Å². The molecule has 0 aliphatic heterocycles. The van der Waals surface area contributed by atoms with E-state index in [2.05, 4.69) is 6.58 Å². The zero-order valence-electron chi connectivity index (χ0n) is 7.18. The molecule has 1 rings (SSSR count). The minimum Gasteiger partial charge on any atom is -0.238 e. The molecule has 0 radical (unpaired) electrons. The maximum Gasteiger partial charge on any atom is 0.416 e. The number of rotatable bonds is 1. The minimum absolute atomic E-state index is 0.117. The molecule has 0 saturated heterocycles. The standard InChI is InChI=1S/C10H8F4/c1-2-7-3-4-8(11)5-6-9(7)10(12,13)14/h2-6,8H,1H2. The van der Waals surface area contributed by atoms with Crippen LogP contribution in [0.4, 0.5) is 17.6 Å². The van der Waals surface area contributed by atoms with Gasteiger partial charge in [0.15, 0.2) is 0 Å². The van der Waals surface area contributed by atoms with E-state index in [4.69, 9.17) is 0 Å². The van der Waals surface area contributed by atoms with Crippen molar-refractivity contribution < 1.29 is 17.6 Å². The second-order valence-electron chi connectivity index (χ2n) is 2.73. The highest BCUT2D eigenvalue weighted by Crippen LogP contribution is 2.31. The summed E-state index contributed by atoms with van der Waals surface area (Å²) in [5, 5.41) is 0. The largest absolute Gasteiger partial charge is 0.416 e. The van der Waals surface area contributed by atoms with Crippen LogP contribution in [0.15, 0.2) is 48.1 Å². The van der Waals surface area contributed by atoms with Crippen molar-refractivity contribution in [1.29, 1.82) is 0 Å². The highest BCUT2D eigenvalue weighted by molar-refractivity contribution is 5.45. The van der Waals surface area contributed by atoms with E-state index < -0.39 is 17.9 Å². The van der Waals surface area contributed by atoms with Gasteiger partial charge < -0.3 is 0 Å². The van der Waals surface area contributed by atoms with Crippen LogP contribution in [0.3, 0.4) is 0 Å². The van der Waals surface area contributed by atoms with E-state index in [-0.39, 0.29) is 5.57 Å². The number of allylic oxidation sites excluding steroid dienone is 7. The monoisotopic (exact) mass is 204 g/mol. The Morgan fingerprint density at radius 2 is 1.79 bits per heavy atom. The fourth-order valence-electron chi connectivity index (χ4n) is 1.07. The molecule has 76 valence electrons. The van der Waals surface area contributed by atoms with Crippen LogP contribution in [0.1, 0.15) is 0 Å². The molecule has 0 fully saturated rings. The summed E-state index contributed by atoms with van der Waals surface area (Å²) in [7, 11) is 0. The van der Waals surface area contributed by atoms with Crippen LogP contribution >= 0.6 is 0 Å². The van der Waals surface area contributed by atoms with E-state index in [1.807, 2.05) is 0 Å². The van der Waals surface area contributed by atoms with E-state index in [1.54, 1.807) is 0 Å². The third-order valence-corrected chi connectivity index (χ3v) is 1.74. The summed E-state index contributed by atoms with van der Waals surface area (Å²) < 4.78 is 49.8. The fourth-order valence-corrected chi connectivity index (χ4v) is 1.07. The molecule has 4 heteroatoms. The molecule has 0 N–H and O–H groups in total. The highest BCUT2D eigenvalue weighted by atomic mass is 19.4. The van der Waals surface area contributed by atoms with E-state index in [0.717, 1.165) is 30.4 Å². The van der Waals surface area contributed by atoms with Gasteiger partial charge in [0, 0.05) is 0 Å². The Balaban J connectivity index is 3.20. The first-order chi connectivity index (χ1) is 6.45. The first-order valence-electron chi connectivity index (χ1n) is 3.89. The number of halogens is 4. The van der Waals surface area contributed by atoms with Crippen LogP contribution in [-0.4, -0.2) is 12.3 Å². The number of hydrogen-bond acceptors (Lipinski definition) is 0. The molecule has 0 amide bonds. The zero-order valence-corrected chi connectivity index (χ0v) is 7.18. The van der Waals surface area contributed by atoms with Gasteiger partial charge in [-0.15, -0.1) is 0 Å². The van der Waals surface area contributed by atoms with Crippen molar-refractivity contribution in [2.75, 3.05) is 0 Å². The van der Waals surface area contributed by atoms with E-state index in [9.17, 15) is 17.6 Å².